The van der Waals surface area contributed by atoms with Crippen molar-refractivity contribution in [1.82, 2.24) is 5.16 Å². The van der Waals surface area contributed by atoms with Crippen LogP contribution in [0.2, 0.25) is 0 Å². The zero-order valence-corrected chi connectivity index (χ0v) is 16.1. The van der Waals surface area contributed by atoms with Crippen LogP contribution in [0.25, 0.3) is 6.08 Å². The summed E-state index contributed by atoms with van der Waals surface area (Å²) in [5, 5.41) is 6.72. The predicted molar refractivity (Wildman–Crippen MR) is 107 cm³/mol. The van der Waals surface area contributed by atoms with Crippen LogP contribution in [0, 0.1) is 13.8 Å². The molecule has 1 amide bonds. The summed E-state index contributed by atoms with van der Waals surface area (Å²) in [5.74, 6) is 1.72. The number of rotatable bonds is 7. The summed E-state index contributed by atoms with van der Waals surface area (Å²) in [7, 11) is 1.58. The van der Waals surface area contributed by atoms with E-state index in [9.17, 15) is 4.79 Å². The Labute approximate surface area is 163 Å². The summed E-state index contributed by atoms with van der Waals surface area (Å²) >= 11 is 0. The maximum atomic E-state index is 12.0. The van der Waals surface area contributed by atoms with Crippen molar-refractivity contribution in [3.05, 3.63) is 77.2 Å². The number of hydrogen-bond acceptors (Lipinski definition) is 5. The average Bonchev–Trinajstić information content (AvgIpc) is 3.03. The van der Waals surface area contributed by atoms with E-state index in [1.165, 1.54) is 6.08 Å². The summed E-state index contributed by atoms with van der Waals surface area (Å²) < 4.78 is 16.4. The normalized spacial score (nSPS) is 10.8. The van der Waals surface area contributed by atoms with Gasteiger partial charge in [-0.15, -0.1) is 0 Å². The fourth-order valence-electron chi connectivity index (χ4n) is 2.64. The third-order valence-corrected chi connectivity index (χ3v) is 4.21. The fraction of sp³-hybridized carbons (Fsp3) is 0.182. The van der Waals surface area contributed by atoms with Gasteiger partial charge in [-0.3, -0.25) is 4.79 Å². The van der Waals surface area contributed by atoms with E-state index in [1.807, 2.05) is 62.4 Å². The van der Waals surface area contributed by atoms with Crippen LogP contribution >= 0.6 is 0 Å². The molecule has 144 valence electrons. The number of para-hydroxylation sites is 1. The molecule has 6 heteroatoms. The number of aryl methyl sites for hydroxylation is 2. The van der Waals surface area contributed by atoms with Crippen molar-refractivity contribution >= 4 is 17.7 Å². The Morgan fingerprint density at radius 3 is 2.61 bits per heavy atom. The lowest BCUT2D eigenvalue weighted by Crippen LogP contribution is -2.07. The number of carbonyl (C=O) groups excluding carboxylic acids is 1. The quantitative estimate of drug-likeness (QED) is 0.612. The molecule has 0 aliphatic heterocycles. The molecule has 6 nitrogen and oxygen atoms in total. The molecule has 0 aliphatic rings. The lowest BCUT2D eigenvalue weighted by atomic mass is 10.2. The van der Waals surface area contributed by atoms with Gasteiger partial charge in [0, 0.05) is 11.8 Å². The van der Waals surface area contributed by atoms with Crippen molar-refractivity contribution in [3.8, 4) is 11.5 Å². The summed E-state index contributed by atoms with van der Waals surface area (Å²) in [5.41, 5.74) is 3.30. The molecule has 1 N–H and O–H groups in total. The molecular weight excluding hydrogens is 356 g/mol. The minimum absolute atomic E-state index is 0.205. The molecular formula is C22H22N2O4. The SMILES string of the molecule is COc1cc(C=CC(=O)Nc2ccccc2)ccc1OCc1c(C)noc1C. The number of nitrogens with zero attached hydrogens (tertiary/aromatic N) is 1. The number of carbonyl (C=O) groups is 1. The monoisotopic (exact) mass is 378 g/mol. The van der Waals surface area contributed by atoms with Gasteiger partial charge in [-0.2, -0.15) is 0 Å². The Morgan fingerprint density at radius 1 is 1.14 bits per heavy atom. The highest BCUT2D eigenvalue weighted by molar-refractivity contribution is 6.01. The van der Waals surface area contributed by atoms with Crippen molar-refractivity contribution in [2.75, 3.05) is 12.4 Å². The van der Waals surface area contributed by atoms with Crippen molar-refractivity contribution in [2.45, 2.75) is 20.5 Å². The topological polar surface area (TPSA) is 73.6 Å². The molecule has 3 rings (SSSR count). The van der Waals surface area contributed by atoms with E-state index in [4.69, 9.17) is 14.0 Å². The molecule has 0 fully saturated rings. The first kappa shape index (κ1) is 19.2. The van der Waals surface area contributed by atoms with Gasteiger partial charge >= 0.3 is 0 Å². The van der Waals surface area contributed by atoms with Gasteiger partial charge in [-0.25, -0.2) is 0 Å². The fourth-order valence-corrected chi connectivity index (χ4v) is 2.64. The molecule has 28 heavy (non-hydrogen) atoms. The molecule has 0 spiro atoms. The lowest BCUT2D eigenvalue weighted by Gasteiger charge is -2.11. The van der Waals surface area contributed by atoms with Crippen LogP contribution in [-0.2, 0) is 11.4 Å². The maximum absolute atomic E-state index is 12.0. The smallest absolute Gasteiger partial charge is 0.248 e. The van der Waals surface area contributed by atoms with Crippen LogP contribution in [0.1, 0.15) is 22.6 Å². The Bertz CT molecular complexity index is 958. The highest BCUT2D eigenvalue weighted by Gasteiger charge is 2.12. The van der Waals surface area contributed by atoms with E-state index in [0.717, 1.165) is 28.3 Å². The van der Waals surface area contributed by atoms with Crippen molar-refractivity contribution < 1.29 is 18.8 Å². The van der Waals surface area contributed by atoms with Crippen molar-refractivity contribution in [1.29, 1.82) is 0 Å². The number of methoxy groups -OCH3 is 1. The first-order valence-corrected chi connectivity index (χ1v) is 8.83. The second kappa shape index (κ2) is 8.90. The van der Waals surface area contributed by atoms with E-state index in [1.54, 1.807) is 13.2 Å². The number of nitrogens with one attached hydrogen (secondary N) is 1. The molecule has 3 aromatic rings. The van der Waals surface area contributed by atoms with E-state index >= 15 is 0 Å². The Morgan fingerprint density at radius 2 is 1.93 bits per heavy atom. The molecule has 0 radical (unpaired) electrons. The first-order valence-electron chi connectivity index (χ1n) is 8.83. The molecule has 0 saturated carbocycles. The van der Waals surface area contributed by atoms with Gasteiger partial charge in [-0.05, 0) is 49.8 Å². The summed E-state index contributed by atoms with van der Waals surface area (Å²) in [6, 6.07) is 14.8. The van der Waals surface area contributed by atoms with Gasteiger partial charge in [0.05, 0.1) is 18.4 Å². The number of hydrogen-bond donors (Lipinski definition) is 1. The highest BCUT2D eigenvalue weighted by atomic mass is 16.5. The number of amides is 1. The third kappa shape index (κ3) is 4.79. The second-order valence-electron chi connectivity index (χ2n) is 6.19. The summed E-state index contributed by atoms with van der Waals surface area (Å²) in [6.07, 6.45) is 3.20. The van der Waals surface area contributed by atoms with Crippen LogP contribution in [0.5, 0.6) is 11.5 Å². The average molecular weight is 378 g/mol. The van der Waals surface area contributed by atoms with Crippen LogP contribution < -0.4 is 14.8 Å². The van der Waals surface area contributed by atoms with Gasteiger partial charge in [-0.1, -0.05) is 29.4 Å². The molecule has 0 bridgehead atoms. The molecule has 0 aliphatic carbocycles. The summed E-state index contributed by atoms with van der Waals surface area (Å²) in [6.45, 7) is 4.07. The molecule has 0 atom stereocenters. The predicted octanol–water partition coefficient (Wildman–Crippen LogP) is 4.53. The number of aromatic nitrogens is 1. The van der Waals surface area contributed by atoms with Gasteiger partial charge < -0.3 is 19.3 Å². The maximum Gasteiger partial charge on any atom is 0.248 e. The zero-order chi connectivity index (χ0) is 19.9. The van der Waals surface area contributed by atoms with Gasteiger partial charge in [0.2, 0.25) is 5.91 Å². The third-order valence-electron chi connectivity index (χ3n) is 4.21. The lowest BCUT2D eigenvalue weighted by molar-refractivity contribution is -0.111. The van der Waals surface area contributed by atoms with Gasteiger partial charge in [0.25, 0.3) is 0 Å². The van der Waals surface area contributed by atoms with Gasteiger partial charge in [0.15, 0.2) is 11.5 Å². The van der Waals surface area contributed by atoms with Crippen LogP contribution in [0.4, 0.5) is 5.69 Å². The Kier molecular flexibility index (Phi) is 6.11. The van der Waals surface area contributed by atoms with Crippen molar-refractivity contribution in [3.63, 3.8) is 0 Å². The first-order chi connectivity index (χ1) is 13.6. The van der Waals surface area contributed by atoms with E-state index in [0.29, 0.717) is 18.1 Å². The Hall–Kier alpha value is -3.54. The van der Waals surface area contributed by atoms with E-state index in [2.05, 4.69) is 10.5 Å². The molecule has 2 aromatic carbocycles. The largest absolute Gasteiger partial charge is 0.493 e. The van der Waals surface area contributed by atoms with E-state index in [-0.39, 0.29) is 5.91 Å². The van der Waals surface area contributed by atoms with Crippen LogP contribution in [-0.4, -0.2) is 18.2 Å². The Balaban J connectivity index is 1.66. The highest BCUT2D eigenvalue weighted by Crippen LogP contribution is 2.30. The number of ether oxygens (including phenoxy) is 2. The minimum Gasteiger partial charge on any atom is -0.493 e. The molecule has 0 unspecified atom stereocenters. The second-order valence-corrected chi connectivity index (χ2v) is 6.19. The number of anilines is 1. The number of benzene rings is 2. The van der Waals surface area contributed by atoms with Crippen LogP contribution in [0.3, 0.4) is 0 Å². The molecule has 1 aromatic heterocycles. The zero-order valence-electron chi connectivity index (χ0n) is 16.1. The van der Waals surface area contributed by atoms with Crippen molar-refractivity contribution in [2.24, 2.45) is 0 Å². The van der Waals surface area contributed by atoms with E-state index < -0.39 is 0 Å². The minimum atomic E-state index is -0.205. The van der Waals surface area contributed by atoms with Gasteiger partial charge in [0.1, 0.15) is 12.4 Å². The molecule has 0 saturated heterocycles. The standard InChI is InChI=1S/C22H22N2O4/c1-15-19(16(2)28-24-15)14-27-20-11-9-17(13-21(20)26-3)10-12-22(25)23-18-7-5-4-6-8-18/h4-13H,14H2,1-3H3,(H,23,25). The van der Waals surface area contributed by atoms with Crippen LogP contribution in [0.15, 0.2) is 59.1 Å². The summed E-state index contributed by atoms with van der Waals surface area (Å²) in [4.78, 5) is 12.0. The molecule has 1 heterocycles.